The fourth-order valence-electron chi connectivity index (χ4n) is 1.36. The van der Waals surface area contributed by atoms with Crippen LogP contribution in [0.4, 0.5) is 18.9 Å². The lowest BCUT2D eigenvalue weighted by atomic mass is 10.2. The number of carbonyl (C=O) groups excluding carboxylic acids is 1. The van der Waals surface area contributed by atoms with Crippen LogP contribution in [0.25, 0.3) is 0 Å². The summed E-state index contributed by atoms with van der Waals surface area (Å²) in [4.78, 5) is 15.5. The van der Waals surface area contributed by atoms with Crippen molar-refractivity contribution in [3.8, 4) is 0 Å². The van der Waals surface area contributed by atoms with Crippen molar-refractivity contribution in [1.82, 2.24) is 4.98 Å². The lowest BCUT2D eigenvalue weighted by Crippen LogP contribution is -2.14. The molecule has 2 aromatic rings. The topological polar surface area (TPSA) is 42.0 Å². The van der Waals surface area contributed by atoms with Crippen LogP contribution < -0.4 is 5.32 Å². The van der Waals surface area contributed by atoms with E-state index in [4.69, 9.17) is 0 Å². The Morgan fingerprint density at radius 1 is 1.16 bits per heavy atom. The number of amides is 1. The molecule has 0 aliphatic rings. The van der Waals surface area contributed by atoms with Crippen molar-refractivity contribution in [3.05, 3.63) is 58.1 Å². The van der Waals surface area contributed by atoms with Crippen LogP contribution in [0.1, 0.15) is 10.4 Å². The summed E-state index contributed by atoms with van der Waals surface area (Å²) < 4.78 is 39.9. The number of aromatic nitrogens is 1. The maximum atomic E-state index is 13.3. The van der Waals surface area contributed by atoms with Crippen molar-refractivity contribution in [3.63, 3.8) is 0 Å². The average Bonchev–Trinajstić information content (AvgIpc) is 2.34. The number of rotatable bonds is 2. The van der Waals surface area contributed by atoms with E-state index in [9.17, 15) is 18.0 Å². The monoisotopic (exact) mass is 330 g/mol. The van der Waals surface area contributed by atoms with Crippen molar-refractivity contribution < 1.29 is 18.0 Å². The highest BCUT2D eigenvalue weighted by atomic mass is 79.9. The van der Waals surface area contributed by atoms with E-state index in [-0.39, 0.29) is 5.56 Å². The summed E-state index contributed by atoms with van der Waals surface area (Å²) in [5, 5.41) is 2.03. The van der Waals surface area contributed by atoms with Crippen LogP contribution in [0, 0.1) is 17.5 Å². The molecule has 0 saturated heterocycles. The van der Waals surface area contributed by atoms with E-state index in [1.807, 2.05) is 5.32 Å². The highest BCUT2D eigenvalue weighted by molar-refractivity contribution is 9.10. The molecule has 0 saturated carbocycles. The Bertz CT molecular complexity index is 608. The fraction of sp³-hybridized carbons (Fsp3) is 0. The van der Waals surface area contributed by atoms with E-state index in [0.717, 1.165) is 0 Å². The van der Waals surface area contributed by atoms with Gasteiger partial charge in [-0.25, -0.2) is 18.2 Å². The Labute approximate surface area is 114 Å². The average molecular weight is 331 g/mol. The molecule has 1 aromatic heterocycles. The number of carbonyl (C=O) groups is 1. The second kappa shape index (κ2) is 5.40. The summed E-state index contributed by atoms with van der Waals surface area (Å²) >= 11 is 3.09. The summed E-state index contributed by atoms with van der Waals surface area (Å²) in [6.07, 6.45) is 1.23. The minimum Gasteiger partial charge on any atom is -0.317 e. The van der Waals surface area contributed by atoms with E-state index in [0.29, 0.717) is 16.7 Å². The van der Waals surface area contributed by atoms with Gasteiger partial charge in [0.05, 0.1) is 5.56 Å². The molecular formula is C12H6BrF3N2O. The predicted octanol–water partition coefficient (Wildman–Crippen LogP) is 3.51. The molecule has 0 aliphatic carbocycles. The lowest BCUT2D eigenvalue weighted by Gasteiger charge is -2.07. The standard InChI is InChI=1S/C12H6BrF3N2O/c13-10-2-1-6(5-17-10)12(19)18-11-8(15)3-7(14)4-9(11)16/h1-5H,(H,18,19). The Morgan fingerprint density at radius 2 is 1.79 bits per heavy atom. The van der Waals surface area contributed by atoms with Gasteiger partial charge in [-0.15, -0.1) is 0 Å². The minimum absolute atomic E-state index is 0.117. The maximum Gasteiger partial charge on any atom is 0.257 e. The van der Waals surface area contributed by atoms with E-state index < -0.39 is 29.0 Å². The number of halogens is 4. The first-order valence-electron chi connectivity index (χ1n) is 5.05. The van der Waals surface area contributed by atoms with E-state index >= 15 is 0 Å². The van der Waals surface area contributed by atoms with Crippen LogP contribution in [-0.4, -0.2) is 10.9 Å². The molecule has 1 aromatic carbocycles. The molecule has 1 heterocycles. The summed E-state index contributed by atoms with van der Waals surface area (Å²) in [5.41, 5.74) is -0.583. The Morgan fingerprint density at radius 3 is 2.32 bits per heavy atom. The lowest BCUT2D eigenvalue weighted by molar-refractivity contribution is 0.102. The predicted molar refractivity (Wildman–Crippen MR) is 66.2 cm³/mol. The highest BCUT2D eigenvalue weighted by Crippen LogP contribution is 2.21. The van der Waals surface area contributed by atoms with Gasteiger partial charge in [-0.05, 0) is 28.1 Å². The third-order valence-electron chi connectivity index (χ3n) is 2.23. The number of pyridine rings is 1. The van der Waals surface area contributed by atoms with Gasteiger partial charge in [-0.1, -0.05) is 0 Å². The summed E-state index contributed by atoms with van der Waals surface area (Å²) in [7, 11) is 0. The minimum atomic E-state index is -1.18. The van der Waals surface area contributed by atoms with Crippen molar-refractivity contribution >= 4 is 27.5 Å². The van der Waals surface area contributed by atoms with E-state index in [2.05, 4.69) is 20.9 Å². The molecule has 2 rings (SSSR count). The van der Waals surface area contributed by atoms with Gasteiger partial charge in [0.2, 0.25) is 0 Å². The zero-order chi connectivity index (χ0) is 14.0. The van der Waals surface area contributed by atoms with E-state index in [1.165, 1.54) is 18.3 Å². The first-order valence-corrected chi connectivity index (χ1v) is 5.84. The number of nitrogens with one attached hydrogen (secondary N) is 1. The van der Waals surface area contributed by atoms with Gasteiger partial charge >= 0.3 is 0 Å². The molecule has 0 fully saturated rings. The van der Waals surface area contributed by atoms with Crippen LogP contribution in [0.2, 0.25) is 0 Å². The Hall–Kier alpha value is -1.89. The van der Waals surface area contributed by atoms with E-state index in [1.54, 1.807) is 0 Å². The van der Waals surface area contributed by atoms with Gasteiger partial charge in [0.25, 0.3) is 5.91 Å². The van der Waals surface area contributed by atoms with Crippen molar-refractivity contribution in [2.75, 3.05) is 5.32 Å². The number of benzene rings is 1. The molecule has 0 atom stereocenters. The molecule has 3 nitrogen and oxygen atoms in total. The first kappa shape index (κ1) is 13.5. The van der Waals surface area contributed by atoms with Gasteiger partial charge in [-0.3, -0.25) is 4.79 Å². The molecule has 0 radical (unpaired) electrons. The van der Waals surface area contributed by atoms with Gasteiger partial charge in [0.1, 0.15) is 16.1 Å². The van der Waals surface area contributed by atoms with Crippen LogP contribution in [0.5, 0.6) is 0 Å². The van der Waals surface area contributed by atoms with Crippen LogP contribution in [-0.2, 0) is 0 Å². The smallest absolute Gasteiger partial charge is 0.257 e. The van der Waals surface area contributed by atoms with Crippen LogP contribution in [0.3, 0.4) is 0 Å². The SMILES string of the molecule is O=C(Nc1c(F)cc(F)cc1F)c1ccc(Br)nc1. The van der Waals surface area contributed by atoms with Gasteiger partial charge in [0, 0.05) is 18.3 Å². The second-order valence-corrected chi connectivity index (χ2v) is 4.38. The Kier molecular flexibility index (Phi) is 3.84. The quantitative estimate of drug-likeness (QED) is 0.856. The van der Waals surface area contributed by atoms with Crippen molar-refractivity contribution in [2.24, 2.45) is 0 Å². The van der Waals surface area contributed by atoms with Gasteiger partial charge in [-0.2, -0.15) is 0 Å². The second-order valence-electron chi connectivity index (χ2n) is 3.57. The van der Waals surface area contributed by atoms with Gasteiger partial charge in [0.15, 0.2) is 11.6 Å². The molecule has 1 amide bonds. The molecule has 0 unspecified atom stereocenters. The first-order chi connectivity index (χ1) is 8.97. The van der Waals surface area contributed by atoms with Gasteiger partial charge < -0.3 is 5.32 Å². The summed E-state index contributed by atoms with van der Waals surface area (Å²) in [6.45, 7) is 0. The van der Waals surface area contributed by atoms with Crippen LogP contribution in [0.15, 0.2) is 35.1 Å². The molecule has 1 N–H and O–H groups in total. The zero-order valence-corrected chi connectivity index (χ0v) is 10.8. The molecule has 0 bridgehead atoms. The summed E-state index contributed by atoms with van der Waals surface area (Å²) in [5.74, 6) is -4.17. The largest absolute Gasteiger partial charge is 0.317 e. The fourth-order valence-corrected chi connectivity index (χ4v) is 1.59. The highest BCUT2D eigenvalue weighted by Gasteiger charge is 2.15. The zero-order valence-electron chi connectivity index (χ0n) is 9.25. The molecule has 7 heteroatoms. The molecular weight excluding hydrogens is 325 g/mol. The summed E-state index contributed by atoms with van der Waals surface area (Å²) in [6, 6.07) is 3.90. The number of nitrogens with zero attached hydrogens (tertiary/aromatic N) is 1. The molecule has 0 spiro atoms. The van der Waals surface area contributed by atoms with Crippen molar-refractivity contribution in [1.29, 1.82) is 0 Å². The number of hydrogen-bond donors (Lipinski definition) is 1. The third-order valence-corrected chi connectivity index (χ3v) is 2.70. The molecule has 0 aliphatic heterocycles. The Balaban J connectivity index is 2.26. The molecule has 98 valence electrons. The third kappa shape index (κ3) is 3.11. The molecule has 19 heavy (non-hydrogen) atoms. The number of anilines is 1. The normalized spacial score (nSPS) is 10.3. The maximum absolute atomic E-state index is 13.3. The number of hydrogen-bond acceptors (Lipinski definition) is 2. The van der Waals surface area contributed by atoms with Crippen molar-refractivity contribution in [2.45, 2.75) is 0 Å². The van der Waals surface area contributed by atoms with Crippen LogP contribution >= 0.6 is 15.9 Å².